The van der Waals surface area contributed by atoms with Gasteiger partial charge in [0.1, 0.15) is 5.82 Å². The fraction of sp³-hybridized carbons (Fsp3) is 0.222. The lowest BCUT2D eigenvalue weighted by Crippen LogP contribution is -2.40. The van der Waals surface area contributed by atoms with Crippen LogP contribution in [0.15, 0.2) is 47.5 Å². The number of pyridine rings is 1. The molecule has 0 spiro atoms. The molecule has 1 aliphatic carbocycles. The zero-order valence-corrected chi connectivity index (χ0v) is 13.7. The van der Waals surface area contributed by atoms with Crippen molar-refractivity contribution in [3.05, 3.63) is 59.0 Å². The highest BCUT2D eigenvalue weighted by molar-refractivity contribution is 5.78. The van der Waals surface area contributed by atoms with E-state index in [0.29, 0.717) is 17.1 Å². The predicted octanol–water partition coefficient (Wildman–Crippen LogP) is 2.62. The first-order valence-electron chi connectivity index (χ1n) is 8.41. The van der Waals surface area contributed by atoms with Crippen LogP contribution in [0.3, 0.4) is 0 Å². The van der Waals surface area contributed by atoms with E-state index in [2.05, 4.69) is 25.3 Å². The number of anilines is 1. The first-order chi connectivity index (χ1) is 12.7. The Kier molecular flexibility index (Phi) is 3.24. The molecule has 0 bridgehead atoms. The van der Waals surface area contributed by atoms with Crippen LogP contribution < -0.4 is 11.0 Å². The number of aromatic amines is 1. The van der Waals surface area contributed by atoms with Crippen molar-refractivity contribution in [1.82, 2.24) is 24.5 Å². The lowest BCUT2D eigenvalue weighted by Gasteiger charge is -2.36. The largest absolute Gasteiger partial charge is 0.351 e. The first kappa shape index (κ1) is 15.0. The third kappa shape index (κ3) is 2.42. The van der Waals surface area contributed by atoms with Gasteiger partial charge in [-0.25, -0.2) is 24.1 Å². The fourth-order valence-electron chi connectivity index (χ4n) is 3.46. The summed E-state index contributed by atoms with van der Waals surface area (Å²) in [5, 5.41) is 4.05. The molecule has 0 unspecified atom stereocenters. The minimum atomic E-state index is -0.322. The minimum Gasteiger partial charge on any atom is -0.351 e. The normalized spacial score (nSPS) is 19.6. The molecule has 3 heterocycles. The Hall–Kier alpha value is -3.29. The number of hydrogen-bond acceptors (Lipinski definition) is 5. The monoisotopic (exact) mass is 350 g/mol. The second-order valence-corrected chi connectivity index (χ2v) is 6.54. The SMILES string of the molecule is O=c1[nH]c2cccnc2n1C1CC(Nc2ncc3ccc(F)cc3n2)C1. The number of imidazole rings is 1. The molecule has 0 radical (unpaired) electrons. The molecule has 1 aromatic carbocycles. The summed E-state index contributed by atoms with van der Waals surface area (Å²) in [6.07, 6.45) is 4.90. The molecular weight excluding hydrogens is 335 g/mol. The van der Waals surface area contributed by atoms with Crippen molar-refractivity contribution in [1.29, 1.82) is 0 Å². The average Bonchev–Trinajstić information content (AvgIpc) is 2.93. The van der Waals surface area contributed by atoms with Gasteiger partial charge in [0.15, 0.2) is 5.65 Å². The number of nitrogens with zero attached hydrogens (tertiary/aromatic N) is 4. The number of aromatic nitrogens is 5. The summed E-state index contributed by atoms with van der Waals surface area (Å²) in [6, 6.07) is 8.33. The molecule has 8 heteroatoms. The average molecular weight is 350 g/mol. The van der Waals surface area contributed by atoms with E-state index >= 15 is 0 Å². The quantitative estimate of drug-likeness (QED) is 0.593. The summed E-state index contributed by atoms with van der Waals surface area (Å²) >= 11 is 0. The summed E-state index contributed by atoms with van der Waals surface area (Å²) in [7, 11) is 0. The molecule has 0 amide bonds. The number of fused-ring (bicyclic) bond motifs is 2. The van der Waals surface area contributed by atoms with Gasteiger partial charge in [0.25, 0.3) is 0 Å². The van der Waals surface area contributed by atoms with Crippen molar-refractivity contribution in [2.75, 3.05) is 5.32 Å². The van der Waals surface area contributed by atoms with E-state index in [-0.39, 0.29) is 23.6 Å². The third-order valence-corrected chi connectivity index (χ3v) is 4.83. The van der Waals surface area contributed by atoms with Crippen molar-refractivity contribution in [2.24, 2.45) is 0 Å². The van der Waals surface area contributed by atoms with E-state index in [0.717, 1.165) is 23.7 Å². The van der Waals surface area contributed by atoms with Crippen molar-refractivity contribution in [3.8, 4) is 0 Å². The standard InChI is InChI=1S/C18H15FN6O/c19-11-4-3-10-9-21-17(23-15(10)6-11)22-12-7-13(8-12)25-16-14(24-18(25)26)2-1-5-20-16/h1-6,9,12-13H,7-8H2,(H,24,26)(H,21,22,23). The second kappa shape index (κ2) is 5.62. The zero-order chi connectivity index (χ0) is 17.7. The summed E-state index contributed by atoms with van der Waals surface area (Å²) < 4.78 is 15.1. The Morgan fingerprint density at radius 2 is 2.12 bits per heavy atom. The maximum atomic E-state index is 13.4. The maximum Gasteiger partial charge on any atom is 0.327 e. The second-order valence-electron chi connectivity index (χ2n) is 6.54. The Labute approximate surface area is 146 Å². The predicted molar refractivity (Wildman–Crippen MR) is 95.5 cm³/mol. The van der Waals surface area contributed by atoms with Gasteiger partial charge < -0.3 is 10.3 Å². The third-order valence-electron chi connectivity index (χ3n) is 4.83. The van der Waals surface area contributed by atoms with Gasteiger partial charge >= 0.3 is 5.69 Å². The molecule has 1 aliphatic rings. The summed E-state index contributed by atoms with van der Waals surface area (Å²) in [5.74, 6) is 0.146. The Morgan fingerprint density at radius 1 is 1.23 bits per heavy atom. The van der Waals surface area contributed by atoms with Gasteiger partial charge in [0, 0.05) is 35.9 Å². The lowest BCUT2D eigenvalue weighted by molar-refractivity contribution is 0.281. The lowest BCUT2D eigenvalue weighted by atomic mass is 9.86. The van der Waals surface area contributed by atoms with Crippen LogP contribution >= 0.6 is 0 Å². The van der Waals surface area contributed by atoms with Crippen LogP contribution in [0.2, 0.25) is 0 Å². The maximum absolute atomic E-state index is 13.4. The van der Waals surface area contributed by atoms with Gasteiger partial charge in [0.05, 0.1) is 11.0 Å². The van der Waals surface area contributed by atoms with Crippen molar-refractivity contribution in [3.63, 3.8) is 0 Å². The molecule has 4 aromatic rings. The van der Waals surface area contributed by atoms with Crippen molar-refractivity contribution < 1.29 is 4.39 Å². The highest BCUT2D eigenvalue weighted by atomic mass is 19.1. The van der Waals surface area contributed by atoms with Crippen LogP contribution in [0.5, 0.6) is 0 Å². The van der Waals surface area contributed by atoms with Gasteiger partial charge in [-0.3, -0.25) is 4.57 Å². The Balaban J connectivity index is 1.34. The molecule has 7 nitrogen and oxygen atoms in total. The number of nitrogens with one attached hydrogen (secondary N) is 2. The Bertz CT molecular complexity index is 1180. The molecule has 26 heavy (non-hydrogen) atoms. The van der Waals surface area contributed by atoms with Gasteiger partial charge in [0.2, 0.25) is 5.95 Å². The molecule has 2 N–H and O–H groups in total. The number of halogens is 1. The zero-order valence-electron chi connectivity index (χ0n) is 13.7. The van der Waals surface area contributed by atoms with E-state index < -0.39 is 0 Å². The van der Waals surface area contributed by atoms with Gasteiger partial charge in [-0.05, 0) is 37.1 Å². The van der Waals surface area contributed by atoms with Crippen LogP contribution in [0, 0.1) is 5.82 Å². The van der Waals surface area contributed by atoms with Crippen LogP contribution in [-0.4, -0.2) is 30.5 Å². The molecule has 0 atom stereocenters. The molecule has 5 rings (SSSR count). The number of benzene rings is 1. The molecule has 3 aromatic heterocycles. The molecule has 1 fully saturated rings. The van der Waals surface area contributed by atoms with Crippen molar-refractivity contribution >= 4 is 28.0 Å². The summed E-state index contributed by atoms with van der Waals surface area (Å²) in [4.78, 5) is 28.0. The number of H-pyrrole nitrogens is 1. The van der Waals surface area contributed by atoms with Crippen molar-refractivity contribution in [2.45, 2.75) is 24.9 Å². The summed E-state index contributed by atoms with van der Waals surface area (Å²) in [5.41, 5.74) is 1.85. The minimum absolute atomic E-state index is 0.0848. The van der Waals surface area contributed by atoms with Gasteiger partial charge in [-0.2, -0.15) is 0 Å². The molecule has 0 saturated heterocycles. The molecular formula is C18H15FN6O. The Morgan fingerprint density at radius 3 is 3.00 bits per heavy atom. The topological polar surface area (TPSA) is 88.5 Å². The van der Waals surface area contributed by atoms with Crippen LogP contribution in [0.25, 0.3) is 22.1 Å². The van der Waals surface area contributed by atoms with Crippen LogP contribution in [0.4, 0.5) is 10.3 Å². The molecule has 130 valence electrons. The summed E-state index contributed by atoms with van der Waals surface area (Å²) in [6.45, 7) is 0. The van der Waals surface area contributed by atoms with Crippen LogP contribution in [-0.2, 0) is 0 Å². The van der Waals surface area contributed by atoms with E-state index in [4.69, 9.17) is 0 Å². The van der Waals surface area contributed by atoms with E-state index in [1.165, 1.54) is 12.1 Å². The number of hydrogen-bond donors (Lipinski definition) is 2. The van der Waals surface area contributed by atoms with Gasteiger partial charge in [-0.15, -0.1) is 0 Å². The molecule has 1 saturated carbocycles. The van der Waals surface area contributed by atoms with Gasteiger partial charge in [-0.1, -0.05) is 0 Å². The first-order valence-corrected chi connectivity index (χ1v) is 8.41. The number of rotatable bonds is 3. The smallest absolute Gasteiger partial charge is 0.327 e. The van der Waals surface area contributed by atoms with E-state index in [1.54, 1.807) is 29.1 Å². The molecule has 0 aliphatic heterocycles. The van der Waals surface area contributed by atoms with Crippen LogP contribution in [0.1, 0.15) is 18.9 Å². The highest BCUT2D eigenvalue weighted by Gasteiger charge is 2.33. The fourth-order valence-corrected chi connectivity index (χ4v) is 3.46. The highest BCUT2D eigenvalue weighted by Crippen LogP contribution is 2.34. The van der Waals surface area contributed by atoms with E-state index in [9.17, 15) is 9.18 Å². The van der Waals surface area contributed by atoms with E-state index in [1.807, 2.05) is 6.07 Å².